The molecular weight excluding hydrogens is 386 g/mol. The molecule has 1 aromatic carbocycles. The Morgan fingerprint density at radius 1 is 1.00 bits per heavy atom. The molecule has 0 atom stereocenters. The number of hydrogen-bond donors (Lipinski definition) is 1. The number of anilines is 1. The van der Waals surface area contributed by atoms with E-state index in [-0.39, 0.29) is 5.91 Å². The summed E-state index contributed by atoms with van der Waals surface area (Å²) in [4.78, 5) is 27.5. The highest BCUT2D eigenvalue weighted by molar-refractivity contribution is 7.99. The Morgan fingerprint density at radius 2 is 1.79 bits per heavy atom. The molecule has 3 aromatic rings. The summed E-state index contributed by atoms with van der Waals surface area (Å²) in [5.41, 5.74) is 1.37. The van der Waals surface area contributed by atoms with Crippen LogP contribution in [0.2, 0.25) is 0 Å². The minimum atomic E-state index is -0.159. The minimum absolute atomic E-state index is 0.159. The van der Waals surface area contributed by atoms with E-state index >= 15 is 0 Å². The minimum Gasteiger partial charge on any atom is -0.436 e. The Morgan fingerprint density at radius 3 is 2.55 bits per heavy atom. The molecule has 4 rings (SSSR count). The first-order valence-corrected chi connectivity index (χ1v) is 10.5. The molecule has 0 saturated carbocycles. The van der Waals surface area contributed by atoms with Gasteiger partial charge in [-0.2, -0.15) is 11.8 Å². The number of pyridine rings is 1. The lowest BCUT2D eigenvalue weighted by Gasteiger charge is -2.28. The smallest absolute Gasteiger partial charge is 0.263 e. The number of benzene rings is 1. The molecule has 0 radical (unpaired) electrons. The monoisotopic (exact) mass is 407 g/mol. The van der Waals surface area contributed by atoms with Crippen molar-refractivity contribution in [2.45, 2.75) is 6.54 Å². The van der Waals surface area contributed by atoms with Gasteiger partial charge in [-0.25, -0.2) is 9.97 Å². The molecule has 7 nitrogen and oxygen atoms in total. The van der Waals surface area contributed by atoms with Crippen molar-refractivity contribution in [1.29, 1.82) is 0 Å². The van der Waals surface area contributed by atoms with Gasteiger partial charge in [0.2, 0.25) is 0 Å². The maximum absolute atomic E-state index is 12.3. The van der Waals surface area contributed by atoms with Crippen molar-refractivity contribution in [2.24, 2.45) is 0 Å². The summed E-state index contributed by atoms with van der Waals surface area (Å²) in [7, 11) is 0. The highest BCUT2D eigenvalue weighted by Gasteiger charge is 2.18. The van der Waals surface area contributed by atoms with E-state index in [4.69, 9.17) is 4.74 Å². The van der Waals surface area contributed by atoms with Crippen LogP contribution in [0.25, 0.3) is 0 Å². The van der Waals surface area contributed by atoms with E-state index in [0.29, 0.717) is 23.7 Å². The van der Waals surface area contributed by atoms with Gasteiger partial charge in [0.05, 0.1) is 12.2 Å². The van der Waals surface area contributed by atoms with E-state index in [0.717, 1.165) is 36.1 Å². The van der Waals surface area contributed by atoms with E-state index in [1.807, 2.05) is 30.0 Å². The van der Waals surface area contributed by atoms with Gasteiger partial charge >= 0.3 is 0 Å². The molecule has 29 heavy (non-hydrogen) atoms. The standard InChI is InChI=1S/C21H21N5O2S/c27-20(25-15-17-3-1-2-8-22-17)16-4-6-18(7-5-16)28-21-19(23-9-10-24-21)26-11-13-29-14-12-26/h1-10H,11-15H2,(H,25,27). The Hall–Kier alpha value is -3.13. The molecule has 0 spiro atoms. The van der Waals surface area contributed by atoms with E-state index in [1.54, 1.807) is 42.9 Å². The SMILES string of the molecule is O=C(NCc1ccccn1)c1ccc(Oc2nccnc2N2CCSCC2)cc1. The second-order valence-corrected chi connectivity index (χ2v) is 7.64. The quantitative estimate of drug-likeness (QED) is 0.672. The highest BCUT2D eigenvalue weighted by Crippen LogP contribution is 2.29. The first kappa shape index (κ1) is 19.2. The van der Waals surface area contributed by atoms with Crippen LogP contribution < -0.4 is 15.0 Å². The van der Waals surface area contributed by atoms with Crippen molar-refractivity contribution in [3.8, 4) is 11.6 Å². The molecule has 0 aliphatic carbocycles. The van der Waals surface area contributed by atoms with E-state index < -0.39 is 0 Å². The Kier molecular flexibility index (Phi) is 6.21. The molecule has 1 N–H and O–H groups in total. The normalized spacial score (nSPS) is 13.7. The zero-order chi connectivity index (χ0) is 19.9. The van der Waals surface area contributed by atoms with Crippen LogP contribution in [0.4, 0.5) is 5.82 Å². The number of ether oxygens (including phenoxy) is 1. The molecular formula is C21H21N5O2S. The molecule has 8 heteroatoms. The molecule has 1 saturated heterocycles. The van der Waals surface area contributed by atoms with Gasteiger partial charge in [0.15, 0.2) is 5.82 Å². The first-order valence-electron chi connectivity index (χ1n) is 9.39. The average molecular weight is 407 g/mol. The predicted octanol–water partition coefficient (Wildman–Crippen LogP) is 3.15. The van der Waals surface area contributed by atoms with Gasteiger partial charge in [0.1, 0.15) is 5.75 Å². The summed E-state index contributed by atoms with van der Waals surface area (Å²) in [6, 6.07) is 12.6. The molecule has 1 aliphatic rings. The van der Waals surface area contributed by atoms with Crippen molar-refractivity contribution in [3.63, 3.8) is 0 Å². The van der Waals surface area contributed by atoms with E-state index in [1.165, 1.54) is 0 Å². The second kappa shape index (κ2) is 9.38. The number of aromatic nitrogens is 3. The number of carbonyl (C=O) groups excluding carboxylic acids is 1. The number of amides is 1. The van der Waals surface area contributed by atoms with Gasteiger partial charge in [0, 0.05) is 48.7 Å². The third-order valence-corrected chi connectivity index (χ3v) is 5.39. The molecule has 148 valence electrons. The number of carbonyl (C=O) groups is 1. The fraction of sp³-hybridized carbons (Fsp3) is 0.238. The van der Waals surface area contributed by atoms with Crippen molar-refractivity contribution in [1.82, 2.24) is 20.3 Å². The molecule has 2 aromatic heterocycles. The topological polar surface area (TPSA) is 80.2 Å². The van der Waals surface area contributed by atoms with Crippen molar-refractivity contribution < 1.29 is 9.53 Å². The van der Waals surface area contributed by atoms with Crippen molar-refractivity contribution >= 4 is 23.5 Å². The predicted molar refractivity (Wildman–Crippen MR) is 113 cm³/mol. The Balaban J connectivity index is 1.40. The molecule has 3 heterocycles. The van der Waals surface area contributed by atoms with Crippen LogP contribution in [0.15, 0.2) is 61.1 Å². The van der Waals surface area contributed by atoms with Gasteiger partial charge in [-0.3, -0.25) is 9.78 Å². The van der Waals surface area contributed by atoms with Crippen LogP contribution >= 0.6 is 11.8 Å². The fourth-order valence-corrected chi connectivity index (χ4v) is 3.85. The largest absolute Gasteiger partial charge is 0.436 e. The molecule has 0 bridgehead atoms. The number of rotatable bonds is 6. The van der Waals surface area contributed by atoms with Gasteiger partial charge in [-0.05, 0) is 36.4 Å². The van der Waals surface area contributed by atoms with Crippen LogP contribution in [0.3, 0.4) is 0 Å². The van der Waals surface area contributed by atoms with Crippen LogP contribution in [0.1, 0.15) is 16.1 Å². The number of hydrogen-bond acceptors (Lipinski definition) is 7. The number of nitrogens with one attached hydrogen (secondary N) is 1. The van der Waals surface area contributed by atoms with Gasteiger partial charge in [0.25, 0.3) is 11.8 Å². The maximum atomic E-state index is 12.3. The third-order valence-electron chi connectivity index (χ3n) is 4.44. The summed E-state index contributed by atoms with van der Waals surface area (Å²) in [6.07, 6.45) is 5.01. The zero-order valence-electron chi connectivity index (χ0n) is 15.8. The fourth-order valence-electron chi connectivity index (χ4n) is 2.94. The molecule has 1 fully saturated rings. The maximum Gasteiger partial charge on any atom is 0.263 e. The first-order chi connectivity index (χ1) is 14.3. The van der Waals surface area contributed by atoms with Crippen LogP contribution in [-0.4, -0.2) is 45.5 Å². The summed E-state index contributed by atoms with van der Waals surface area (Å²) in [5.74, 6) is 3.82. The van der Waals surface area contributed by atoms with Gasteiger partial charge < -0.3 is 15.0 Å². The van der Waals surface area contributed by atoms with Gasteiger partial charge in [-0.15, -0.1) is 0 Å². The Labute approximate surface area is 173 Å². The summed E-state index contributed by atoms with van der Waals surface area (Å²) >= 11 is 1.94. The highest BCUT2D eigenvalue weighted by atomic mass is 32.2. The van der Waals surface area contributed by atoms with Crippen LogP contribution in [0, 0.1) is 0 Å². The molecule has 1 amide bonds. The number of nitrogens with zero attached hydrogens (tertiary/aromatic N) is 4. The van der Waals surface area contributed by atoms with Gasteiger partial charge in [-0.1, -0.05) is 6.07 Å². The summed E-state index contributed by atoms with van der Waals surface area (Å²) < 4.78 is 5.96. The second-order valence-electron chi connectivity index (χ2n) is 6.41. The Bertz CT molecular complexity index is 947. The van der Waals surface area contributed by atoms with Crippen LogP contribution in [0.5, 0.6) is 11.6 Å². The lowest BCUT2D eigenvalue weighted by molar-refractivity contribution is 0.0950. The molecule has 1 aliphatic heterocycles. The lowest BCUT2D eigenvalue weighted by Crippen LogP contribution is -2.33. The lowest BCUT2D eigenvalue weighted by atomic mass is 10.2. The summed E-state index contributed by atoms with van der Waals surface area (Å²) in [5, 5.41) is 2.86. The van der Waals surface area contributed by atoms with E-state index in [2.05, 4.69) is 25.2 Å². The number of thioether (sulfide) groups is 1. The van der Waals surface area contributed by atoms with Crippen molar-refractivity contribution in [2.75, 3.05) is 29.5 Å². The molecule has 0 unspecified atom stereocenters. The van der Waals surface area contributed by atoms with Crippen molar-refractivity contribution in [3.05, 3.63) is 72.3 Å². The average Bonchev–Trinajstić information content (AvgIpc) is 2.80. The summed E-state index contributed by atoms with van der Waals surface area (Å²) in [6.45, 7) is 2.24. The van der Waals surface area contributed by atoms with Crippen LogP contribution in [-0.2, 0) is 6.54 Å². The van der Waals surface area contributed by atoms with E-state index in [9.17, 15) is 4.79 Å². The zero-order valence-corrected chi connectivity index (χ0v) is 16.6. The third kappa shape index (κ3) is 5.03.